The molecule has 0 aromatic rings. The Kier molecular flexibility index (Phi) is 4.95. The monoisotopic (exact) mass is 304 g/mol. The van der Waals surface area contributed by atoms with Gasteiger partial charge in [-0.25, -0.2) is 4.79 Å². The summed E-state index contributed by atoms with van der Waals surface area (Å²) in [6.07, 6.45) is 0.522. The first kappa shape index (κ1) is 17.1. The quantitative estimate of drug-likeness (QED) is 0.641. The lowest BCUT2D eigenvalue weighted by Gasteiger charge is -2.39. The highest BCUT2D eigenvalue weighted by Crippen LogP contribution is 2.41. The van der Waals surface area contributed by atoms with Crippen molar-refractivity contribution >= 4 is 23.6 Å². The molecule has 2 atom stereocenters. The summed E-state index contributed by atoms with van der Waals surface area (Å²) in [7, 11) is 1.68. The molecule has 0 aromatic heterocycles. The minimum Gasteiger partial charge on any atom is -0.465 e. The Morgan fingerprint density at radius 2 is 1.95 bits per heavy atom. The minimum atomic E-state index is -1.05. The smallest absolute Gasteiger partial charge is 0.409 e. The van der Waals surface area contributed by atoms with Crippen molar-refractivity contribution in [3.63, 3.8) is 0 Å². The van der Waals surface area contributed by atoms with Crippen molar-refractivity contribution in [1.29, 1.82) is 0 Å². The van der Waals surface area contributed by atoms with Gasteiger partial charge in [0.25, 0.3) is 0 Å². The number of alkyl halides is 1. The van der Waals surface area contributed by atoms with Crippen LogP contribution in [0.4, 0.5) is 4.79 Å². The van der Waals surface area contributed by atoms with Gasteiger partial charge in [-0.05, 0) is 26.2 Å². The van der Waals surface area contributed by atoms with Gasteiger partial charge in [0, 0.05) is 18.3 Å². The lowest BCUT2D eigenvalue weighted by atomic mass is 9.89. The molecule has 1 rings (SSSR count). The second-order valence-electron chi connectivity index (χ2n) is 6.73. The summed E-state index contributed by atoms with van der Waals surface area (Å²) < 4.78 is 0. The van der Waals surface area contributed by atoms with Gasteiger partial charge in [0.1, 0.15) is 11.7 Å². The molecule has 2 amide bonds. The van der Waals surface area contributed by atoms with Crippen LogP contribution in [0.5, 0.6) is 0 Å². The van der Waals surface area contributed by atoms with Crippen LogP contribution in [-0.2, 0) is 4.79 Å². The molecule has 0 radical (unpaired) electrons. The molecule has 2 unspecified atom stereocenters. The highest BCUT2D eigenvalue weighted by atomic mass is 35.5. The zero-order chi connectivity index (χ0) is 15.7. The Hall–Kier alpha value is -0.970. The first-order valence-corrected chi connectivity index (χ1v) is 7.46. The molecule has 1 saturated heterocycles. The predicted molar refractivity (Wildman–Crippen MR) is 78.9 cm³/mol. The fraction of sp³-hybridized carbons (Fsp3) is 0.857. The number of nitrogens with zero attached hydrogens (tertiary/aromatic N) is 2. The predicted octanol–water partition coefficient (Wildman–Crippen LogP) is 2.98. The zero-order valence-electron chi connectivity index (χ0n) is 12.9. The number of halogens is 1. The summed E-state index contributed by atoms with van der Waals surface area (Å²) in [4.78, 5) is 27.2. The van der Waals surface area contributed by atoms with Crippen molar-refractivity contribution in [2.45, 2.75) is 58.7 Å². The van der Waals surface area contributed by atoms with Crippen LogP contribution in [0.25, 0.3) is 0 Å². The third-order valence-electron chi connectivity index (χ3n) is 3.95. The number of rotatable bonds is 4. The van der Waals surface area contributed by atoms with Gasteiger partial charge in [-0.2, -0.15) is 0 Å². The number of hydrogen-bond donors (Lipinski definition) is 1. The third-order valence-corrected chi connectivity index (χ3v) is 4.22. The Morgan fingerprint density at radius 3 is 2.35 bits per heavy atom. The fourth-order valence-electron chi connectivity index (χ4n) is 3.11. The molecule has 20 heavy (non-hydrogen) atoms. The third kappa shape index (κ3) is 2.87. The molecule has 0 spiro atoms. The molecule has 1 aliphatic rings. The molecule has 0 aromatic carbocycles. The van der Waals surface area contributed by atoms with E-state index in [0.29, 0.717) is 12.3 Å². The first-order valence-electron chi connectivity index (χ1n) is 6.93. The van der Waals surface area contributed by atoms with Crippen LogP contribution >= 0.6 is 11.6 Å². The van der Waals surface area contributed by atoms with Crippen molar-refractivity contribution in [2.24, 2.45) is 5.41 Å². The minimum absolute atomic E-state index is 0.130. The van der Waals surface area contributed by atoms with Crippen LogP contribution < -0.4 is 0 Å². The summed E-state index contributed by atoms with van der Waals surface area (Å²) in [5.74, 6) is 0.394. The Bertz CT molecular complexity index is 394. The molecule has 116 valence electrons. The SMILES string of the molecule is CN1C(=O)C(C)(CCCCCl)N(C(=O)O)C1C(C)(C)C. The molecule has 0 saturated carbocycles. The van der Waals surface area contributed by atoms with Crippen LogP contribution in [-0.4, -0.2) is 51.5 Å². The lowest BCUT2D eigenvalue weighted by molar-refractivity contribution is -0.133. The van der Waals surface area contributed by atoms with E-state index in [4.69, 9.17) is 11.6 Å². The maximum absolute atomic E-state index is 12.6. The molecule has 1 aliphatic heterocycles. The number of carbonyl (C=O) groups is 2. The average Bonchev–Trinajstić information content (AvgIpc) is 2.51. The number of likely N-dealkylation sites (N-methyl/N-ethyl adjacent to an activating group) is 1. The molecule has 0 bridgehead atoms. The summed E-state index contributed by atoms with van der Waals surface area (Å²) in [6.45, 7) is 7.56. The number of carboxylic acid groups (broad SMARTS) is 1. The number of carbonyl (C=O) groups excluding carboxylic acids is 1. The Labute approximate surface area is 125 Å². The van der Waals surface area contributed by atoms with Gasteiger partial charge in [-0.1, -0.05) is 20.8 Å². The molecule has 1 fully saturated rings. The van der Waals surface area contributed by atoms with E-state index in [1.165, 1.54) is 4.90 Å². The number of amides is 2. The lowest BCUT2D eigenvalue weighted by Crippen LogP contribution is -2.54. The molecule has 6 heteroatoms. The second-order valence-corrected chi connectivity index (χ2v) is 7.11. The number of hydrogen-bond acceptors (Lipinski definition) is 2. The molecule has 0 aliphatic carbocycles. The molecule has 1 heterocycles. The summed E-state index contributed by atoms with van der Waals surface area (Å²) in [5, 5.41) is 9.60. The van der Waals surface area contributed by atoms with E-state index < -0.39 is 17.8 Å². The van der Waals surface area contributed by atoms with Crippen molar-refractivity contribution in [3.05, 3.63) is 0 Å². The van der Waals surface area contributed by atoms with Gasteiger partial charge in [-0.3, -0.25) is 9.69 Å². The highest BCUT2D eigenvalue weighted by molar-refractivity contribution is 6.17. The summed E-state index contributed by atoms with van der Waals surface area (Å²) >= 11 is 5.67. The van der Waals surface area contributed by atoms with E-state index in [1.54, 1.807) is 18.9 Å². The van der Waals surface area contributed by atoms with Crippen LogP contribution in [0.1, 0.15) is 47.0 Å². The van der Waals surface area contributed by atoms with E-state index in [-0.39, 0.29) is 11.3 Å². The van der Waals surface area contributed by atoms with Crippen LogP contribution in [0.2, 0.25) is 0 Å². The normalized spacial score (nSPS) is 27.3. The Morgan fingerprint density at radius 1 is 1.40 bits per heavy atom. The van der Waals surface area contributed by atoms with Gasteiger partial charge in [0.05, 0.1) is 0 Å². The van der Waals surface area contributed by atoms with Gasteiger partial charge in [-0.15, -0.1) is 11.6 Å². The highest BCUT2D eigenvalue weighted by Gasteiger charge is 2.58. The van der Waals surface area contributed by atoms with E-state index in [1.807, 2.05) is 20.8 Å². The fourth-order valence-corrected chi connectivity index (χ4v) is 3.30. The molecular formula is C14H25ClN2O3. The topological polar surface area (TPSA) is 60.9 Å². The largest absolute Gasteiger partial charge is 0.465 e. The zero-order valence-corrected chi connectivity index (χ0v) is 13.7. The second kappa shape index (κ2) is 5.80. The standard InChI is InChI=1S/C14H25ClN2O3/c1-13(2,3)10-16(5)11(18)14(4,8-6-7-9-15)17(10)12(19)20/h10H,6-9H2,1-5H3,(H,19,20). The maximum atomic E-state index is 12.6. The van der Waals surface area contributed by atoms with Crippen molar-refractivity contribution in [3.8, 4) is 0 Å². The van der Waals surface area contributed by atoms with Crippen molar-refractivity contribution in [1.82, 2.24) is 9.80 Å². The van der Waals surface area contributed by atoms with E-state index >= 15 is 0 Å². The van der Waals surface area contributed by atoms with Gasteiger partial charge < -0.3 is 10.0 Å². The van der Waals surface area contributed by atoms with Gasteiger partial charge in [0.2, 0.25) is 5.91 Å². The first-order chi connectivity index (χ1) is 9.07. The van der Waals surface area contributed by atoms with E-state index in [0.717, 1.165) is 12.8 Å². The van der Waals surface area contributed by atoms with E-state index in [9.17, 15) is 14.7 Å². The molecule has 1 N–H and O–H groups in total. The summed E-state index contributed by atoms with van der Waals surface area (Å²) in [6, 6.07) is 0. The van der Waals surface area contributed by atoms with Gasteiger partial charge in [0.15, 0.2) is 0 Å². The van der Waals surface area contributed by atoms with Crippen molar-refractivity contribution < 1.29 is 14.7 Å². The van der Waals surface area contributed by atoms with Gasteiger partial charge >= 0.3 is 6.09 Å². The summed E-state index contributed by atoms with van der Waals surface area (Å²) in [5.41, 5.74) is -1.34. The Balaban J connectivity index is 3.15. The molecular weight excluding hydrogens is 280 g/mol. The maximum Gasteiger partial charge on any atom is 0.409 e. The molecule has 5 nitrogen and oxygen atoms in total. The van der Waals surface area contributed by atoms with Crippen LogP contribution in [0.3, 0.4) is 0 Å². The van der Waals surface area contributed by atoms with Crippen molar-refractivity contribution in [2.75, 3.05) is 12.9 Å². The van der Waals surface area contributed by atoms with E-state index in [2.05, 4.69) is 0 Å². The van der Waals surface area contributed by atoms with Crippen LogP contribution in [0.15, 0.2) is 0 Å². The van der Waals surface area contributed by atoms with Crippen LogP contribution in [0, 0.1) is 5.41 Å². The average molecular weight is 305 g/mol. The number of unbranched alkanes of at least 4 members (excludes halogenated alkanes) is 1.